The topological polar surface area (TPSA) is 70.2 Å². The Labute approximate surface area is 156 Å². The molecule has 2 aromatic rings. The Morgan fingerprint density at radius 3 is 2.40 bits per heavy atom. The van der Waals surface area contributed by atoms with Gasteiger partial charge in [0.25, 0.3) is 5.91 Å². The molecule has 5 nitrogen and oxygen atoms in total. The maximum atomic E-state index is 12.0. The fourth-order valence-corrected chi connectivity index (χ4v) is 2.53. The van der Waals surface area contributed by atoms with E-state index in [1.165, 1.54) is 0 Å². The van der Waals surface area contributed by atoms with Gasteiger partial charge in [0, 0.05) is 22.8 Å². The number of carbonyl (C=O) groups excluding carboxylic acids is 2. The molecule has 7 heteroatoms. The molecule has 2 aromatic carbocycles. The Bertz CT molecular complexity index is 748. The number of hydrogen-bond donors (Lipinski definition) is 3. The van der Waals surface area contributed by atoms with Crippen molar-refractivity contribution in [3.05, 3.63) is 58.1 Å². The molecular weight excluding hydrogens is 361 g/mol. The van der Waals surface area contributed by atoms with Gasteiger partial charge in [-0.15, -0.1) is 0 Å². The number of anilines is 2. The molecule has 0 radical (unpaired) electrons. The van der Waals surface area contributed by atoms with Crippen LogP contribution in [0.25, 0.3) is 0 Å². The third-order valence-corrected chi connectivity index (χ3v) is 3.88. The summed E-state index contributed by atoms with van der Waals surface area (Å²) in [5.74, 6) is -0.354. The van der Waals surface area contributed by atoms with Gasteiger partial charge in [0.05, 0.1) is 17.3 Å². The Morgan fingerprint density at radius 1 is 1.04 bits per heavy atom. The van der Waals surface area contributed by atoms with E-state index in [-0.39, 0.29) is 18.4 Å². The summed E-state index contributed by atoms with van der Waals surface area (Å²) in [6.07, 6.45) is 0.879. The number of halogens is 2. The van der Waals surface area contributed by atoms with Gasteiger partial charge >= 0.3 is 0 Å². The molecule has 0 fully saturated rings. The van der Waals surface area contributed by atoms with Crippen molar-refractivity contribution in [3.63, 3.8) is 0 Å². The zero-order chi connectivity index (χ0) is 18.2. The fraction of sp³-hybridized carbons (Fsp3) is 0.222. The normalized spacial score (nSPS) is 10.2. The first kappa shape index (κ1) is 19.1. The predicted molar refractivity (Wildman–Crippen MR) is 103 cm³/mol. The summed E-state index contributed by atoms with van der Waals surface area (Å²) in [7, 11) is 0. The van der Waals surface area contributed by atoms with Crippen molar-refractivity contribution >= 4 is 46.4 Å². The Balaban J connectivity index is 1.87. The Hall–Kier alpha value is -2.24. The molecule has 0 spiro atoms. The minimum atomic E-state index is -0.228. The minimum Gasteiger partial charge on any atom is -0.375 e. The minimum absolute atomic E-state index is 0.0556. The molecule has 2 rings (SSSR count). The Kier molecular flexibility index (Phi) is 7.10. The molecular formula is C18H19Cl2N3O2. The maximum Gasteiger partial charge on any atom is 0.251 e. The molecule has 0 aliphatic rings. The largest absolute Gasteiger partial charge is 0.375 e. The van der Waals surface area contributed by atoms with E-state index in [1.54, 1.807) is 42.5 Å². The van der Waals surface area contributed by atoms with E-state index < -0.39 is 0 Å². The monoisotopic (exact) mass is 379 g/mol. The second kappa shape index (κ2) is 9.30. The predicted octanol–water partition coefficient (Wildman–Crippen LogP) is 4.18. The van der Waals surface area contributed by atoms with E-state index in [9.17, 15) is 9.59 Å². The summed E-state index contributed by atoms with van der Waals surface area (Å²) < 4.78 is 0. The highest BCUT2D eigenvalue weighted by atomic mass is 35.5. The zero-order valence-corrected chi connectivity index (χ0v) is 15.2. The summed E-state index contributed by atoms with van der Waals surface area (Å²) in [5.41, 5.74) is 1.79. The first-order valence-corrected chi connectivity index (χ1v) is 8.62. The van der Waals surface area contributed by atoms with Crippen molar-refractivity contribution in [3.8, 4) is 0 Å². The second-order valence-corrected chi connectivity index (χ2v) is 6.20. The molecule has 0 saturated carbocycles. The van der Waals surface area contributed by atoms with Gasteiger partial charge in [-0.1, -0.05) is 30.1 Å². The highest BCUT2D eigenvalue weighted by Crippen LogP contribution is 2.25. The number of hydrogen-bond acceptors (Lipinski definition) is 3. The molecule has 0 aliphatic carbocycles. The summed E-state index contributed by atoms with van der Waals surface area (Å²) >= 11 is 11.9. The number of benzene rings is 2. The molecule has 0 unspecified atom stereocenters. The van der Waals surface area contributed by atoms with Gasteiger partial charge in [0.1, 0.15) is 0 Å². The lowest BCUT2D eigenvalue weighted by Gasteiger charge is -2.10. The van der Waals surface area contributed by atoms with E-state index >= 15 is 0 Å². The maximum absolute atomic E-state index is 12.0. The zero-order valence-electron chi connectivity index (χ0n) is 13.7. The standard InChI is InChI=1S/C18H19Cl2N3O2/c1-2-9-21-18(25)12-3-6-14(7-4-12)23-17(24)11-22-16-8-5-13(19)10-15(16)20/h3-8,10,22H,2,9,11H2,1H3,(H,21,25)(H,23,24). The summed E-state index contributed by atoms with van der Waals surface area (Å²) in [6.45, 7) is 2.68. The van der Waals surface area contributed by atoms with E-state index in [1.807, 2.05) is 6.92 Å². The number of amides is 2. The van der Waals surface area contributed by atoms with Crippen LogP contribution in [0.5, 0.6) is 0 Å². The van der Waals surface area contributed by atoms with Crippen LogP contribution in [-0.4, -0.2) is 24.9 Å². The first-order valence-electron chi connectivity index (χ1n) is 7.86. The van der Waals surface area contributed by atoms with E-state index in [0.717, 1.165) is 6.42 Å². The number of nitrogens with one attached hydrogen (secondary N) is 3. The SMILES string of the molecule is CCCNC(=O)c1ccc(NC(=O)CNc2ccc(Cl)cc2Cl)cc1. The Morgan fingerprint density at radius 2 is 1.76 bits per heavy atom. The third kappa shape index (κ3) is 5.96. The average Bonchev–Trinajstić information content (AvgIpc) is 2.59. The van der Waals surface area contributed by atoms with Crippen molar-refractivity contribution in [1.82, 2.24) is 5.32 Å². The van der Waals surface area contributed by atoms with Crippen LogP contribution in [0, 0.1) is 0 Å². The average molecular weight is 380 g/mol. The van der Waals surface area contributed by atoms with Gasteiger partial charge < -0.3 is 16.0 Å². The van der Waals surface area contributed by atoms with Crippen LogP contribution in [0.4, 0.5) is 11.4 Å². The summed E-state index contributed by atoms with van der Waals surface area (Å²) in [4.78, 5) is 23.8. The van der Waals surface area contributed by atoms with Gasteiger partial charge in [0.2, 0.25) is 5.91 Å². The summed E-state index contributed by atoms with van der Waals surface area (Å²) in [6, 6.07) is 11.7. The smallest absolute Gasteiger partial charge is 0.251 e. The molecule has 0 aromatic heterocycles. The van der Waals surface area contributed by atoms with Gasteiger partial charge in [-0.25, -0.2) is 0 Å². The highest BCUT2D eigenvalue weighted by Gasteiger charge is 2.07. The van der Waals surface area contributed by atoms with Crippen LogP contribution in [0.2, 0.25) is 10.0 Å². The van der Waals surface area contributed by atoms with Crippen molar-refractivity contribution in [2.75, 3.05) is 23.7 Å². The van der Waals surface area contributed by atoms with E-state index in [2.05, 4.69) is 16.0 Å². The van der Waals surface area contributed by atoms with Crippen molar-refractivity contribution in [2.45, 2.75) is 13.3 Å². The molecule has 0 aliphatic heterocycles. The fourth-order valence-electron chi connectivity index (χ4n) is 2.06. The molecule has 0 heterocycles. The second-order valence-electron chi connectivity index (χ2n) is 5.36. The van der Waals surface area contributed by atoms with Crippen LogP contribution in [0.15, 0.2) is 42.5 Å². The number of rotatable bonds is 7. The van der Waals surface area contributed by atoms with Crippen molar-refractivity contribution in [1.29, 1.82) is 0 Å². The van der Waals surface area contributed by atoms with Gasteiger partial charge in [-0.3, -0.25) is 9.59 Å². The third-order valence-electron chi connectivity index (χ3n) is 3.34. The lowest BCUT2D eigenvalue weighted by Crippen LogP contribution is -2.24. The van der Waals surface area contributed by atoms with Crippen LogP contribution < -0.4 is 16.0 Å². The van der Waals surface area contributed by atoms with Crippen LogP contribution in [0.1, 0.15) is 23.7 Å². The van der Waals surface area contributed by atoms with E-state index in [0.29, 0.717) is 33.5 Å². The molecule has 0 atom stereocenters. The van der Waals surface area contributed by atoms with Gasteiger partial charge in [-0.2, -0.15) is 0 Å². The van der Waals surface area contributed by atoms with Gasteiger partial charge in [0.15, 0.2) is 0 Å². The lowest BCUT2D eigenvalue weighted by molar-refractivity contribution is -0.114. The van der Waals surface area contributed by atoms with Crippen molar-refractivity contribution < 1.29 is 9.59 Å². The van der Waals surface area contributed by atoms with Crippen LogP contribution >= 0.6 is 23.2 Å². The quantitative estimate of drug-likeness (QED) is 0.675. The first-order chi connectivity index (χ1) is 12.0. The molecule has 2 amide bonds. The van der Waals surface area contributed by atoms with Crippen LogP contribution in [-0.2, 0) is 4.79 Å². The van der Waals surface area contributed by atoms with Crippen LogP contribution in [0.3, 0.4) is 0 Å². The number of carbonyl (C=O) groups is 2. The molecule has 3 N–H and O–H groups in total. The van der Waals surface area contributed by atoms with Crippen molar-refractivity contribution in [2.24, 2.45) is 0 Å². The van der Waals surface area contributed by atoms with Gasteiger partial charge in [-0.05, 0) is 48.9 Å². The lowest BCUT2D eigenvalue weighted by atomic mass is 10.2. The molecule has 132 valence electrons. The highest BCUT2D eigenvalue weighted by molar-refractivity contribution is 6.36. The van der Waals surface area contributed by atoms with E-state index in [4.69, 9.17) is 23.2 Å². The summed E-state index contributed by atoms with van der Waals surface area (Å²) in [5, 5.41) is 9.47. The molecule has 0 saturated heterocycles. The molecule has 25 heavy (non-hydrogen) atoms. The molecule has 0 bridgehead atoms.